The van der Waals surface area contributed by atoms with Crippen molar-refractivity contribution in [1.29, 1.82) is 0 Å². The van der Waals surface area contributed by atoms with Gasteiger partial charge in [0.2, 0.25) is 0 Å². The molecule has 1 fully saturated rings. The monoisotopic (exact) mass is 193 g/mol. The van der Waals surface area contributed by atoms with Crippen molar-refractivity contribution in [2.45, 2.75) is 24.5 Å². The van der Waals surface area contributed by atoms with E-state index >= 15 is 0 Å². The third kappa shape index (κ3) is 1.75. The second kappa shape index (κ2) is 3.85. The molecule has 1 heterocycles. The van der Waals surface area contributed by atoms with Crippen LogP contribution in [0.15, 0.2) is 0 Å². The molecule has 0 spiro atoms. The number of aldehydes is 1. The lowest BCUT2D eigenvalue weighted by atomic mass is 10.2. The SMILES string of the molecule is O=C[C@H]1CCCN1C(=O)C(F)Cl. The highest BCUT2D eigenvalue weighted by atomic mass is 35.5. The number of halogens is 2. The Morgan fingerprint density at radius 3 is 2.92 bits per heavy atom. The Hall–Kier alpha value is -0.640. The third-order valence-corrected chi connectivity index (χ3v) is 2.11. The van der Waals surface area contributed by atoms with Crippen molar-refractivity contribution in [3.8, 4) is 0 Å². The molecule has 1 amide bonds. The van der Waals surface area contributed by atoms with Gasteiger partial charge in [0, 0.05) is 6.54 Å². The van der Waals surface area contributed by atoms with E-state index in [0.717, 1.165) is 6.42 Å². The quantitative estimate of drug-likeness (QED) is 0.479. The van der Waals surface area contributed by atoms with E-state index in [2.05, 4.69) is 0 Å². The minimum atomic E-state index is -2.02. The average molecular weight is 194 g/mol. The molecular weight excluding hydrogens is 185 g/mol. The van der Waals surface area contributed by atoms with Gasteiger partial charge in [-0.25, -0.2) is 4.39 Å². The summed E-state index contributed by atoms with van der Waals surface area (Å²) in [5.74, 6) is -0.800. The first kappa shape index (κ1) is 9.45. The molecule has 0 radical (unpaired) electrons. The first-order chi connectivity index (χ1) is 5.66. The summed E-state index contributed by atoms with van der Waals surface area (Å²) in [5, 5.41) is 0. The molecule has 0 saturated carbocycles. The maximum absolute atomic E-state index is 12.3. The molecule has 0 aromatic rings. The highest BCUT2D eigenvalue weighted by Gasteiger charge is 2.31. The van der Waals surface area contributed by atoms with Crippen LogP contribution in [-0.4, -0.2) is 35.3 Å². The second-order valence-electron chi connectivity index (χ2n) is 2.68. The van der Waals surface area contributed by atoms with E-state index < -0.39 is 17.6 Å². The Morgan fingerprint density at radius 2 is 2.42 bits per heavy atom. The summed E-state index contributed by atoms with van der Waals surface area (Å²) in [6, 6.07) is -0.477. The fraction of sp³-hybridized carbons (Fsp3) is 0.714. The van der Waals surface area contributed by atoms with Gasteiger partial charge >= 0.3 is 0 Å². The van der Waals surface area contributed by atoms with Crippen LogP contribution in [0.5, 0.6) is 0 Å². The minimum absolute atomic E-state index is 0.426. The van der Waals surface area contributed by atoms with Gasteiger partial charge in [-0.15, -0.1) is 0 Å². The number of carbonyl (C=O) groups excluding carboxylic acids is 2. The molecule has 0 aromatic heterocycles. The fourth-order valence-electron chi connectivity index (χ4n) is 1.33. The largest absolute Gasteiger partial charge is 0.329 e. The zero-order valence-corrected chi connectivity index (χ0v) is 7.13. The Labute approximate surface area is 74.5 Å². The van der Waals surface area contributed by atoms with Crippen LogP contribution in [0.4, 0.5) is 4.39 Å². The molecule has 0 aromatic carbocycles. The lowest BCUT2D eigenvalue weighted by Crippen LogP contribution is -2.39. The maximum atomic E-state index is 12.3. The highest BCUT2D eigenvalue weighted by molar-refractivity contribution is 6.29. The predicted molar refractivity (Wildman–Crippen MR) is 41.5 cm³/mol. The van der Waals surface area contributed by atoms with Crippen molar-refractivity contribution >= 4 is 23.8 Å². The number of likely N-dealkylation sites (tertiary alicyclic amines) is 1. The standard InChI is InChI=1S/C7H9ClFNO2/c8-6(9)7(12)10-3-1-2-5(10)4-11/h4-6H,1-3H2/t5-,6?/m1/s1. The van der Waals surface area contributed by atoms with Gasteiger partial charge in [-0.2, -0.15) is 0 Å². The lowest BCUT2D eigenvalue weighted by molar-refractivity contribution is -0.136. The normalized spacial score (nSPS) is 25.5. The number of carbonyl (C=O) groups is 2. The summed E-state index contributed by atoms with van der Waals surface area (Å²) in [5.41, 5.74) is -2.02. The number of alkyl halides is 2. The summed E-state index contributed by atoms with van der Waals surface area (Å²) >= 11 is 4.96. The third-order valence-electron chi connectivity index (χ3n) is 1.93. The Kier molecular flexibility index (Phi) is 3.03. The zero-order valence-electron chi connectivity index (χ0n) is 6.37. The van der Waals surface area contributed by atoms with Crippen molar-refractivity contribution in [1.82, 2.24) is 4.90 Å². The van der Waals surface area contributed by atoms with E-state index in [0.29, 0.717) is 19.3 Å². The van der Waals surface area contributed by atoms with Crippen molar-refractivity contribution in [2.75, 3.05) is 6.54 Å². The topological polar surface area (TPSA) is 37.4 Å². The molecule has 1 aliphatic heterocycles. The summed E-state index contributed by atoms with van der Waals surface area (Å²) in [4.78, 5) is 22.5. The van der Waals surface area contributed by atoms with Gasteiger partial charge in [0.25, 0.3) is 11.5 Å². The van der Waals surface area contributed by atoms with Crippen molar-refractivity contribution in [3.63, 3.8) is 0 Å². The Bertz CT molecular complexity index is 198. The molecule has 1 saturated heterocycles. The Balaban J connectivity index is 2.61. The molecule has 68 valence electrons. The number of hydrogen-bond donors (Lipinski definition) is 0. The molecule has 1 aliphatic rings. The molecule has 0 N–H and O–H groups in total. The predicted octanol–water partition coefficient (Wildman–Crippen LogP) is 0.711. The minimum Gasteiger partial charge on any atom is -0.329 e. The molecule has 3 nitrogen and oxygen atoms in total. The zero-order chi connectivity index (χ0) is 9.14. The van der Waals surface area contributed by atoms with Crippen molar-refractivity contribution in [3.05, 3.63) is 0 Å². The molecule has 12 heavy (non-hydrogen) atoms. The summed E-state index contributed by atoms with van der Waals surface area (Å²) in [6.45, 7) is 0.426. The van der Waals surface area contributed by atoms with E-state index in [-0.39, 0.29) is 0 Å². The number of rotatable bonds is 2. The lowest BCUT2D eigenvalue weighted by Gasteiger charge is -2.19. The van der Waals surface area contributed by atoms with Crippen molar-refractivity contribution < 1.29 is 14.0 Å². The smallest absolute Gasteiger partial charge is 0.273 e. The van der Waals surface area contributed by atoms with Gasteiger partial charge in [-0.05, 0) is 12.8 Å². The van der Waals surface area contributed by atoms with Gasteiger partial charge in [0.05, 0.1) is 6.04 Å². The van der Waals surface area contributed by atoms with Gasteiger partial charge in [0.15, 0.2) is 0 Å². The summed E-state index contributed by atoms with van der Waals surface area (Å²) in [7, 11) is 0. The average Bonchev–Trinajstić information content (AvgIpc) is 2.49. The maximum Gasteiger partial charge on any atom is 0.273 e. The van der Waals surface area contributed by atoms with Gasteiger partial charge in [-0.1, -0.05) is 11.6 Å². The summed E-state index contributed by atoms with van der Waals surface area (Å²) < 4.78 is 12.3. The highest BCUT2D eigenvalue weighted by Crippen LogP contribution is 2.18. The van der Waals surface area contributed by atoms with Crippen LogP contribution in [0.3, 0.4) is 0 Å². The first-order valence-electron chi connectivity index (χ1n) is 3.70. The first-order valence-corrected chi connectivity index (χ1v) is 4.14. The van der Waals surface area contributed by atoms with Crippen LogP contribution in [0, 0.1) is 0 Å². The van der Waals surface area contributed by atoms with Crippen molar-refractivity contribution in [2.24, 2.45) is 0 Å². The van der Waals surface area contributed by atoms with E-state index in [4.69, 9.17) is 11.6 Å². The number of amides is 1. The molecule has 1 unspecified atom stereocenters. The molecule has 0 aliphatic carbocycles. The molecule has 2 atom stereocenters. The Morgan fingerprint density at radius 1 is 1.75 bits per heavy atom. The van der Waals surface area contributed by atoms with Crippen LogP contribution in [0.25, 0.3) is 0 Å². The van der Waals surface area contributed by atoms with Gasteiger partial charge in [0.1, 0.15) is 6.29 Å². The summed E-state index contributed by atoms with van der Waals surface area (Å²) in [6.07, 6.45) is 2.00. The fourth-order valence-corrected chi connectivity index (χ4v) is 1.46. The molecule has 5 heteroatoms. The van der Waals surface area contributed by atoms with E-state index in [9.17, 15) is 14.0 Å². The van der Waals surface area contributed by atoms with E-state index in [1.54, 1.807) is 0 Å². The van der Waals surface area contributed by atoms with Crippen LogP contribution < -0.4 is 0 Å². The van der Waals surface area contributed by atoms with Gasteiger partial charge < -0.3 is 9.69 Å². The van der Waals surface area contributed by atoms with Crippen LogP contribution >= 0.6 is 11.6 Å². The van der Waals surface area contributed by atoms with Crippen LogP contribution in [0.1, 0.15) is 12.8 Å². The van der Waals surface area contributed by atoms with E-state index in [1.807, 2.05) is 0 Å². The van der Waals surface area contributed by atoms with Crippen LogP contribution in [-0.2, 0) is 9.59 Å². The molecule has 1 rings (SSSR count). The number of hydrogen-bond acceptors (Lipinski definition) is 2. The van der Waals surface area contributed by atoms with E-state index in [1.165, 1.54) is 4.90 Å². The molecule has 0 bridgehead atoms. The second-order valence-corrected chi connectivity index (χ2v) is 3.06. The molecular formula is C7H9ClFNO2. The van der Waals surface area contributed by atoms with Crippen LogP contribution in [0.2, 0.25) is 0 Å². The van der Waals surface area contributed by atoms with Gasteiger partial charge in [-0.3, -0.25) is 4.79 Å². The number of nitrogens with zero attached hydrogens (tertiary/aromatic N) is 1.